The highest BCUT2D eigenvalue weighted by molar-refractivity contribution is 5.97. The Hall–Kier alpha value is -3.42. The van der Waals surface area contributed by atoms with Gasteiger partial charge >= 0.3 is 0 Å². The molecule has 3 rings (SSSR count). The molecule has 1 heterocycles. The fourth-order valence-electron chi connectivity index (χ4n) is 2.92. The highest BCUT2D eigenvalue weighted by Gasteiger charge is 2.21. The summed E-state index contributed by atoms with van der Waals surface area (Å²) >= 11 is 0. The molecule has 2 aromatic rings. The molecule has 1 atom stereocenters. The fourth-order valence-corrected chi connectivity index (χ4v) is 2.92. The monoisotopic (exact) mass is 368 g/mol. The van der Waals surface area contributed by atoms with Crippen LogP contribution in [0.25, 0.3) is 0 Å². The van der Waals surface area contributed by atoms with Gasteiger partial charge in [-0.25, -0.2) is 0 Å². The third-order valence-electron chi connectivity index (χ3n) is 4.35. The van der Waals surface area contributed by atoms with Crippen LogP contribution in [0.1, 0.15) is 19.8 Å². The highest BCUT2D eigenvalue weighted by Crippen LogP contribution is 2.23. The summed E-state index contributed by atoms with van der Waals surface area (Å²) in [7, 11) is 0. The Kier molecular flexibility index (Phi) is 5.35. The maximum Gasteiger partial charge on any atom is 0.271 e. The van der Waals surface area contributed by atoms with Gasteiger partial charge in [0.2, 0.25) is 11.8 Å². The van der Waals surface area contributed by atoms with E-state index in [1.54, 1.807) is 17.9 Å². The van der Waals surface area contributed by atoms with E-state index in [4.69, 9.17) is 0 Å². The average Bonchev–Trinajstić information content (AvgIpc) is 3.08. The van der Waals surface area contributed by atoms with E-state index in [0.29, 0.717) is 12.1 Å². The quantitative estimate of drug-likeness (QED) is 0.602. The molecule has 0 aromatic heterocycles. The number of non-ortho nitro benzene ring substituents is 1. The smallest absolute Gasteiger partial charge is 0.271 e. The number of amides is 2. The predicted molar refractivity (Wildman–Crippen MR) is 103 cm³/mol. The standard InChI is InChI=1S/C19H20N4O4/c1-13(19(25)21-15-4-2-5-17(12-15)23(26)27)20-14-7-9-16(10-8-14)22-11-3-6-18(22)24/h2,4-5,7-10,12-13,20H,3,6,11H2,1H3,(H,21,25)/t13-/m1/s1. The van der Waals surface area contributed by atoms with Gasteiger partial charge in [-0.3, -0.25) is 19.7 Å². The molecule has 0 bridgehead atoms. The summed E-state index contributed by atoms with van der Waals surface area (Å²) in [5, 5.41) is 16.6. The van der Waals surface area contributed by atoms with Gasteiger partial charge in [0.25, 0.3) is 5.69 Å². The van der Waals surface area contributed by atoms with Gasteiger partial charge in [0.15, 0.2) is 0 Å². The van der Waals surface area contributed by atoms with Gasteiger partial charge in [0, 0.05) is 42.2 Å². The first kappa shape index (κ1) is 18.4. The number of carbonyl (C=O) groups is 2. The number of nitro benzene ring substituents is 1. The summed E-state index contributed by atoms with van der Waals surface area (Å²) in [6.07, 6.45) is 1.45. The topological polar surface area (TPSA) is 105 Å². The number of carbonyl (C=O) groups excluding carboxylic acids is 2. The Bertz CT molecular complexity index is 866. The van der Waals surface area contributed by atoms with E-state index in [-0.39, 0.29) is 17.5 Å². The number of benzene rings is 2. The molecule has 1 aliphatic rings. The zero-order chi connectivity index (χ0) is 19.4. The molecular formula is C19H20N4O4. The lowest BCUT2D eigenvalue weighted by Crippen LogP contribution is -2.31. The summed E-state index contributed by atoms with van der Waals surface area (Å²) in [5.74, 6) is -0.185. The number of hydrogen-bond acceptors (Lipinski definition) is 5. The molecule has 1 aliphatic heterocycles. The molecule has 27 heavy (non-hydrogen) atoms. The van der Waals surface area contributed by atoms with Crippen molar-refractivity contribution in [3.05, 3.63) is 58.6 Å². The van der Waals surface area contributed by atoms with Crippen LogP contribution in [0.4, 0.5) is 22.7 Å². The van der Waals surface area contributed by atoms with Gasteiger partial charge in [-0.2, -0.15) is 0 Å². The molecule has 8 nitrogen and oxygen atoms in total. The highest BCUT2D eigenvalue weighted by atomic mass is 16.6. The Labute approximate surface area is 156 Å². The number of nitro groups is 1. The van der Waals surface area contributed by atoms with Crippen molar-refractivity contribution < 1.29 is 14.5 Å². The minimum Gasteiger partial charge on any atom is -0.374 e. The molecule has 1 saturated heterocycles. The average molecular weight is 368 g/mol. The van der Waals surface area contributed by atoms with Crippen LogP contribution < -0.4 is 15.5 Å². The third-order valence-corrected chi connectivity index (χ3v) is 4.35. The number of anilines is 3. The lowest BCUT2D eigenvalue weighted by atomic mass is 10.2. The first-order valence-electron chi connectivity index (χ1n) is 8.66. The van der Waals surface area contributed by atoms with Crippen molar-refractivity contribution in [2.75, 3.05) is 22.1 Å². The number of rotatable bonds is 6. The maximum absolute atomic E-state index is 12.3. The van der Waals surface area contributed by atoms with Gasteiger partial charge in [0.1, 0.15) is 6.04 Å². The molecule has 2 amide bonds. The molecule has 8 heteroatoms. The van der Waals surface area contributed by atoms with Crippen molar-refractivity contribution >= 4 is 34.6 Å². The predicted octanol–water partition coefficient (Wildman–Crippen LogP) is 3.16. The fraction of sp³-hybridized carbons (Fsp3) is 0.263. The summed E-state index contributed by atoms with van der Waals surface area (Å²) in [5.41, 5.74) is 1.87. The van der Waals surface area contributed by atoms with E-state index in [1.807, 2.05) is 24.3 Å². The van der Waals surface area contributed by atoms with Crippen LogP contribution in [0.2, 0.25) is 0 Å². The Morgan fingerprint density at radius 3 is 2.56 bits per heavy atom. The van der Waals surface area contributed by atoms with Crippen molar-refractivity contribution in [2.24, 2.45) is 0 Å². The van der Waals surface area contributed by atoms with E-state index in [9.17, 15) is 19.7 Å². The van der Waals surface area contributed by atoms with Crippen molar-refractivity contribution in [1.82, 2.24) is 0 Å². The molecule has 0 spiro atoms. The van der Waals surface area contributed by atoms with Gasteiger partial charge < -0.3 is 15.5 Å². The summed E-state index contributed by atoms with van der Waals surface area (Å²) in [6.45, 7) is 2.43. The van der Waals surface area contributed by atoms with Gasteiger partial charge in [0.05, 0.1) is 4.92 Å². The second kappa shape index (κ2) is 7.86. The third kappa shape index (κ3) is 4.41. The normalized spacial score (nSPS) is 14.7. The second-order valence-electron chi connectivity index (χ2n) is 6.36. The van der Waals surface area contributed by atoms with E-state index in [0.717, 1.165) is 24.3 Å². The number of nitrogens with zero attached hydrogens (tertiary/aromatic N) is 2. The van der Waals surface area contributed by atoms with E-state index in [1.165, 1.54) is 18.2 Å². The Balaban J connectivity index is 1.60. The summed E-state index contributed by atoms with van der Waals surface area (Å²) < 4.78 is 0. The van der Waals surface area contributed by atoms with Crippen LogP contribution in [0, 0.1) is 10.1 Å². The van der Waals surface area contributed by atoms with E-state index >= 15 is 0 Å². The van der Waals surface area contributed by atoms with Crippen molar-refractivity contribution in [1.29, 1.82) is 0 Å². The van der Waals surface area contributed by atoms with Crippen molar-refractivity contribution in [2.45, 2.75) is 25.8 Å². The molecule has 2 aromatic carbocycles. The largest absolute Gasteiger partial charge is 0.374 e. The van der Waals surface area contributed by atoms with E-state index in [2.05, 4.69) is 10.6 Å². The van der Waals surface area contributed by atoms with E-state index < -0.39 is 11.0 Å². The molecule has 1 fully saturated rings. The molecule has 0 unspecified atom stereocenters. The van der Waals surface area contributed by atoms with Gasteiger partial charge in [-0.15, -0.1) is 0 Å². The first-order chi connectivity index (χ1) is 12.9. The first-order valence-corrected chi connectivity index (χ1v) is 8.66. The zero-order valence-electron chi connectivity index (χ0n) is 14.8. The lowest BCUT2D eigenvalue weighted by Gasteiger charge is -2.18. The molecule has 2 N–H and O–H groups in total. The molecule has 0 aliphatic carbocycles. The van der Waals surface area contributed by atoms with Crippen LogP contribution in [-0.2, 0) is 9.59 Å². The number of hydrogen-bond donors (Lipinski definition) is 2. The summed E-state index contributed by atoms with van der Waals surface area (Å²) in [6, 6.07) is 12.6. The van der Waals surface area contributed by atoms with Crippen LogP contribution in [0.15, 0.2) is 48.5 Å². The van der Waals surface area contributed by atoms with Crippen LogP contribution in [0.5, 0.6) is 0 Å². The number of nitrogens with one attached hydrogen (secondary N) is 2. The molecule has 0 radical (unpaired) electrons. The Morgan fingerprint density at radius 1 is 1.19 bits per heavy atom. The minimum atomic E-state index is -0.552. The zero-order valence-corrected chi connectivity index (χ0v) is 14.8. The molecular weight excluding hydrogens is 348 g/mol. The van der Waals surface area contributed by atoms with Crippen molar-refractivity contribution in [3.63, 3.8) is 0 Å². The SMILES string of the molecule is C[C@@H](Nc1ccc(N2CCCC2=O)cc1)C(=O)Nc1cccc([N+](=O)[O-])c1. The summed E-state index contributed by atoms with van der Waals surface area (Å²) in [4.78, 5) is 36.2. The van der Waals surface area contributed by atoms with Gasteiger partial charge in [-0.1, -0.05) is 6.07 Å². The molecule has 140 valence electrons. The lowest BCUT2D eigenvalue weighted by molar-refractivity contribution is -0.384. The molecule has 0 saturated carbocycles. The maximum atomic E-state index is 12.3. The van der Waals surface area contributed by atoms with Gasteiger partial charge in [-0.05, 0) is 43.7 Å². The van der Waals surface area contributed by atoms with Crippen LogP contribution >= 0.6 is 0 Å². The Morgan fingerprint density at radius 2 is 1.93 bits per heavy atom. The van der Waals surface area contributed by atoms with Crippen LogP contribution in [-0.4, -0.2) is 29.3 Å². The second-order valence-corrected chi connectivity index (χ2v) is 6.36. The van der Waals surface area contributed by atoms with Crippen molar-refractivity contribution in [3.8, 4) is 0 Å². The minimum absolute atomic E-state index is 0.0829. The van der Waals surface area contributed by atoms with Crippen LogP contribution in [0.3, 0.4) is 0 Å².